The molecule has 0 fully saturated rings. The number of hydrogen-bond acceptors (Lipinski definition) is 4. The van der Waals surface area contributed by atoms with Crippen molar-refractivity contribution in [3.63, 3.8) is 0 Å². The fourth-order valence-corrected chi connectivity index (χ4v) is 3.34. The van der Waals surface area contributed by atoms with E-state index in [2.05, 4.69) is 4.72 Å². The van der Waals surface area contributed by atoms with Crippen LogP contribution in [0.4, 0.5) is 0 Å². The van der Waals surface area contributed by atoms with Gasteiger partial charge in [-0.15, -0.1) is 0 Å². The quantitative estimate of drug-likeness (QED) is 0.888. The third-order valence-electron chi connectivity index (χ3n) is 3.30. The normalized spacial score (nSPS) is 12.7. The lowest BCUT2D eigenvalue weighted by molar-refractivity contribution is 0.354. The monoisotopic (exact) mass is 321 g/mol. The van der Waals surface area contributed by atoms with E-state index in [4.69, 9.17) is 9.47 Å². The van der Waals surface area contributed by atoms with Crippen molar-refractivity contribution in [2.24, 2.45) is 0 Å². The molecule has 2 rings (SSSR count). The summed E-state index contributed by atoms with van der Waals surface area (Å²) in [4.78, 5) is 0.132. The molecule has 1 N–H and O–H groups in total. The minimum atomic E-state index is -3.65. The molecule has 0 radical (unpaired) electrons. The largest absolute Gasteiger partial charge is 0.493 e. The molecule has 0 aliphatic rings. The highest BCUT2D eigenvalue weighted by molar-refractivity contribution is 7.89. The number of ether oxygens (including phenoxy) is 2. The van der Waals surface area contributed by atoms with Crippen molar-refractivity contribution >= 4 is 10.0 Å². The summed E-state index contributed by atoms with van der Waals surface area (Å²) in [5.74, 6) is 0.857. The standard InChI is InChI=1S/C16H19NO4S/c1-12(13-7-5-4-6-8-13)17-22(18,19)14-9-10-15(20-2)16(11-14)21-3/h4-12,17H,1-3H3. The summed E-state index contributed by atoms with van der Waals surface area (Å²) in [5.41, 5.74) is 0.895. The molecule has 2 aromatic rings. The molecule has 0 heterocycles. The van der Waals surface area contributed by atoms with Gasteiger partial charge in [-0.2, -0.15) is 0 Å². The van der Waals surface area contributed by atoms with E-state index >= 15 is 0 Å². The van der Waals surface area contributed by atoms with E-state index in [1.807, 2.05) is 30.3 Å². The van der Waals surface area contributed by atoms with Crippen molar-refractivity contribution < 1.29 is 17.9 Å². The van der Waals surface area contributed by atoms with Gasteiger partial charge in [0.1, 0.15) is 0 Å². The first-order valence-electron chi connectivity index (χ1n) is 6.77. The smallest absolute Gasteiger partial charge is 0.241 e. The maximum absolute atomic E-state index is 12.5. The van der Waals surface area contributed by atoms with Crippen LogP contribution in [-0.2, 0) is 10.0 Å². The molecule has 0 saturated carbocycles. The Hall–Kier alpha value is -2.05. The van der Waals surface area contributed by atoms with E-state index in [0.29, 0.717) is 11.5 Å². The van der Waals surface area contributed by atoms with Crippen LogP contribution in [0.25, 0.3) is 0 Å². The highest BCUT2D eigenvalue weighted by Gasteiger charge is 2.20. The molecule has 0 spiro atoms. The Morgan fingerprint density at radius 1 is 0.955 bits per heavy atom. The number of sulfonamides is 1. The maximum atomic E-state index is 12.5. The second-order valence-electron chi connectivity index (χ2n) is 4.77. The minimum Gasteiger partial charge on any atom is -0.493 e. The highest BCUT2D eigenvalue weighted by Crippen LogP contribution is 2.29. The first-order valence-corrected chi connectivity index (χ1v) is 8.25. The number of benzene rings is 2. The Bertz CT molecular complexity index is 729. The second-order valence-corrected chi connectivity index (χ2v) is 6.48. The Labute approximate surface area is 130 Å². The zero-order valence-electron chi connectivity index (χ0n) is 12.7. The molecule has 22 heavy (non-hydrogen) atoms. The summed E-state index contributed by atoms with van der Waals surface area (Å²) in [6, 6.07) is 13.6. The minimum absolute atomic E-state index is 0.132. The first kappa shape index (κ1) is 16.3. The van der Waals surface area contributed by atoms with Gasteiger partial charge >= 0.3 is 0 Å². The third-order valence-corrected chi connectivity index (χ3v) is 4.84. The van der Waals surface area contributed by atoms with Crippen LogP contribution in [0.5, 0.6) is 11.5 Å². The van der Waals surface area contributed by atoms with Crippen LogP contribution in [-0.4, -0.2) is 22.6 Å². The lowest BCUT2D eigenvalue weighted by Gasteiger charge is -2.15. The van der Waals surface area contributed by atoms with Gasteiger partial charge in [-0.3, -0.25) is 0 Å². The molecule has 0 aromatic heterocycles. The van der Waals surface area contributed by atoms with Gasteiger partial charge < -0.3 is 9.47 Å². The zero-order valence-corrected chi connectivity index (χ0v) is 13.6. The van der Waals surface area contributed by atoms with Gasteiger partial charge in [-0.1, -0.05) is 30.3 Å². The summed E-state index contributed by atoms with van der Waals surface area (Å²) >= 11 is 0. The molecule has 0 amide bonds. The van der Waals surface area contributed by atoms with Crippen LogP contribution >= 0.6 is 0 Å². The molecule has 6 heteroatoms. The molecular formula is C16H19NO4S. The lowest BCUT2D eigenvalue weighted by atomic mass is 10.1. The van der Waals surface area contributed by atoms with Crippen molar-refractivity contribution in [3.8, 4) is 11.5 Å². The average molecular weight is 321 g/mol. The van der Waals surface area contributed by atoms with Crippen LogP contribution in [0.3, 0.4) is 0 Å². The molecule has 2 aromatic carbocycles. The van der Waals surface area contributed by atoms with E-state index in [0.717, 1.165) is 5.56 Å². The maximum Gasteiger partial charge on any atom is 0.241 e. The van der Waals surface area contributed by atoms with Crippen molar-refractivity contribution in [2.45, 2.75) is 17.9 Å². The van der Waals surface area contributed by atoms with Gasteiger partial charge in [0.25, 0.3) is 0 Å². The van der Waals surface area contributed by atoms with Crippen molar-refractivity contribution in [1.29, 1.82) is 0 Å². The fraction of sp³-hybridized carbons (Fsp3) is 0.250. The van der Waals surface area contributed by atoms with E-state index in [1.54, 1.807) is 13.0 Å². The number of methoxy groups -OCH3 is 2. The van der Waals surface area contributed by atoms with Crippen LogP contribution in [0, 0.1) is 0 Å². The van der Waals surface area contributed by atoms with Gasteiger partial charge in [0.15, 0.2) is 11.5 Å². The van der Waals surface area contributed by atoms with E-state index in [-0.39, 0.29) is 10.9 Å². The van der Waals surface area contributed by atoms with Crippen molar-refractivity contribution in [2.75, 3.05) is 14.2 Å². The summed E-state index contributed by atoms with van der Waals surface area (Å²) in [7, 11) is -0.683. The molecule has 0 aliphatic carbocycles. The summed E-state index contributed by atoms with van der Waals surface area (Å²) < 4.78 is 37.9. The Balaban J connectivity index is 2.27. The molecule has 0 saturated heterocycles. The van der Waals surface area contributed by atoms with Crippen molar-refractivity contribution in [3.05, 3.63) is 54.1 Å². The van der Waals surface area contributed by atoms with E-state index in [1.165, 1.54) is 26.4 Å². The number of nitrogens with one attached hydrogen (secondary N) is 1. The Morgan fingerprint density at radius 3 is 2.18 bits per heavy atom. The topological polar surface area (TPSA) is 64.6 Å². The van der Waals surface area contributed by atoms with E-state index < -0.39 is 10.0 Å². The molecule has 5 nitrogen and oxygen atoms in total. The second kappa shape index (κ2) is 6.81. The zero-order chi connectivity index (χ0) is 16.2. The van der Waals surface area contributed by atoms with Crippen LogP contribution < -0.4 is 14.2 Å². The molecule has 1 atom stereocenters. The molecular weight excluding hydrogens is 302 g/mol. The fourth-order valence-electron chi connectivity index (χ4n) is 2.09. The summed E-state index contributed by atoms with van der Waals surface area (Å²) in [5, 5.41) is 0. The van der Waals surface area contributed by atoms with Crippen LogP contribution in [0.1, 0.15) is 18.5 Å². The predicted octanol–water partition coefficient (Wildman–Crippen LogP) is 2.74. The number of rotatable bonds is 6. The van der Waals surface area contributed by atoms with E-state index in [9.17, 15) is 8.42 Å². The molecule has 1 unspecified atom stereocenters. The summed E-state index contributed by atoms with van der Waals surface area (Å²) in [6.45, 7) is 1.80. The average Bonchev–Trinajstić information content (AvgIpc) is 2.54. The van der Waals surface area contributed by atoms with Gasteiger partial charge in [0, 0.05) is 12.1 Å². The highest BCUT2D eigenvalue weighted by atomic mass is 32.2. The SMILES string of the molecule is COc1ccc(S(=O)(=O)NC(C)c2ccccc2)cc1OC. The van der Waals surface area contributed by atoms with Gasteiger partial charge in [-0.25, -0.2) is 13.1 Å². The van der Waals surface area contributed by atoms with Crippen molar-refractivity contribution in [1.82, 2.24) is 4.72 Å². The van der Waals surface area contributed by atoms with Crippen LogP contribution in [0.2, 0.25) is 0 Å². The van der Waals surface area contributed by atoms with Crippen LogP contribution in [0.15, 0.2) is 53.4 Å². The molecule has 0 bridgehead atoms. The Kier molecular flexibility index (Phi) is 5.05. The predicted molar refractivity (Wildman–Crippen MR) is 84.7 cm³/mol. The van der Waals surface area contributed by atoms with Gasteiger partial charge in [-0.05, 0) is 24.6 Å². The lowest BCUT2D eigenvalue weighted by Crippen LogP contribution is -2.26. The first-order chi connectivity index (χ1) is 10.5. The van der Waals surface area contributed by atoms with Gasteiger partial charge in [0.05, 0.1) is 19.1 Å². The molecule has 0 aliphatic heterocycles. The number of hydrogen-bond donors (Lipinski definition) is 1. The molecule has 118 valence electrons. The third kappa shape index (κ3) is 3.58. The Morgan fingerprint density at radius 2 is 1.59 bits per heavy atom. The van der Waals surface area contributed by atoms with Gasteiger partial charge in [0.2, 0.25) is 10.0 Å². The summed E-state index contributed by atoms with van der Waals surface area (Å²) in [6.07, 6.45) is 0.